The molecule has 0 radical (unpaired) electrons. The molecule has 2 atom stereocenters. The maximum atomic E-state index is 11.3. The second-order valence-electron chi connectivity index (χ2n) is 5.04. The molecule has 1 fully saturated rings. The van der Waals surface area contributed by atoms with Gasteiger partial charge in [-0.1, -0.05) is 0 Å². The molecule has 0 aliphatic carbocycles. The van der Waals surface area contributed by atoms with Gasteiger partial charge >= 0.3 is 5.97 Å². The number of hydrogen-bond donors (Lipinski definition) is 2. The molecular formula is C10H19NO5S. The van der Waals surface area contributed by atoms with E-state index in [9.17, 15) is 18.3 Å². The molecule has 17 heavy (non-hydrogen) atoms. The Balaban J connectivity index is 2.55. The molecule has 0 spiro atoms. The van der Waals surface area contributed by atoms with Crippen LogP contribution in [-0.2, 0) is 14.6 Å². The Labute approximate surface area is 101 Å². The summed E-state index contributed by atoms with van der Waals surface area (Å²) in [5, 5.41) is 18.5. The highest BCUT2D eigenvalue weighted by molar-refractivity contribution is 7.91. The van der Waals surface area contributed by atoms with E-state index in [4.69, 9.17) is 5.11 Å². The highest BCUT2D eigenvalue weighted by Crippen LogP contribution is 2.19. The third-order valence-corrected chi connectivity index (χ3v) is 4.70. The van der Waals surface area contributed by atoms with Gasteiger partial charge in [0.2, 0.25) is 0 Å². The van der Waals surface area contributed by atoms with Crippen LogP contribution < -0.4 is 0 Å². The van der Waals surface area contributed by atoms with Gasteiger partial charge in [0.05, 0.1) is 23.5 Å². The van der Waals surface area contributed by atoms with Gasteiger partial charge in [-0.3, -0.25) is 9.69 Å². The van der Waals surface area contributed by atoms with Gasteiger partial charge in [-0.2, -0.15) is 0 Å². The van der Waals surface area contributed by atoms with Crippen LogP contribution in [0, 0.1) is 0 Å². The molecule has 1 rings (SSSR count). The number of hydrogen-bond acceptors (Lipinski definition) is 5. The number of aliphatic hydroxyl groups is 1. The fourth-order valence-corrected chi connectivity index (χ4v) is 3.98. The van der Waals surface area contributed by atoms with Gasteiger partial charge in [-0.05, 0) is 20.4 Å². The molecule has 7 heteroatoms. The average Bonchev–Trinajstić information content (AvgIpc) is 2.42. The summed E-state index contributed by atoms with van der Waals surface area (Å²) in [6.45, 7) is 1.60. The van der Waals surface area contributed by atoms with Gasteiger partial charge in [0.1, 0.15) is 0 Å². The molecular weight excluding hydrogens is 246 g/mol. The topological polar surface area (TPSA) is 94.9 Å². The number of aliphatic carboxylic acids is 1. The molecule has 2 N–H and O–H groups in total. The molecule has 0 amide bonds. The minimum Gasteiger partial charge on any atom is -0.481 e. The zero-order valence-corrected chi connectivity index (χ0v) is 10.9. The summed E-state index contributed by atoms with van der Waals surface area (Å²) in [4.78, 5) is 12.3. The van der Waals surface area contributed by atoms with E-state index in [1.807, 2.05) is 0 Å². The Morgan fingerprint density at radius 2 is 2.12 bits per heavy atom. The predicted molar refractivity (Wildman–Crippen MR) is 62.6 cm³/mol. The number of sulfone groups is 1. The van der Waals surface area contributed by atoms with E-state index in [2.05, 4.69) is 0 Å². The van der Waals surface area contributed by atoms with E-state index in [1.165, 1.54) is 6.92 Å². The molecule has 100 valence electrons. The van der Waals surface area contributed by atoms with E-state index in [1.54, 1.807) is 11.9 Å². The summed E-state index contributed by atoms with van der Waals surface area (Å²) >= 11 is 0. The summed E-state index contributed by atoms with van der Waals surface area (Å²) in [6, 6.07) is -0.125. The van der Waals surface area contributed by atoms with Crippen LogP contribution in [0.25, 0.3) is 0 Å². The van der Waals surface area contributed by atoms with E-state index >= 15 is 0 Å². The Hall–Kier alpha value is -0.660. The van der Waals surface area contributed by atoms with Crippen molar-refractivity contribution in [2.24, 2.45) is 0 Å². The summed E-state index contributed by atoms with van der Waals surface area (Å²) in [7, 11) is -1.25. The summed E-state index contributed by atoms with van der Waals surface area (Å²) < 4.78 is 22.6. The molecule has 1 saturated heterocycles. The van der Waals surface area contributed by atoms with Crippen LogP contribution >= 0.6 is 0 Å². The molecule has 6 nitrogen and oxygen atoms in total. The zero-order valence-electron chi connectivity index (χ0n) is 10.1. The Morgan fingerprint density at radius 1 is 1.53 bits per heavy atom. The minimum absolute atomic E-state index is 0.0899. The SMILES string of the molecule is CN(CC(C)(O)CC(=O)O)C1CCS(=O)(=O)C1. The lowest BCUT2D eigenvalue weighted by atomic mass is 10.0. The van der Waals surface area contributed by atoms with Crippen LogP contribution in [0.15, 0.2) is 0 Å². The molecule has 0 aromatic carbocycles. The number of carbonyl (C=O) groups is 1. The number of carboxylic acid groups (broad SMARTS) is 1. The van der Waals surface area contributed by atoms with Gasteiger partial charge in [-0.25, -0.2) is 8.42 Å². The van der Waals surface area contributed by atoms with Crippen molar-refractivity contribution in [3.05, 3.63) is 0 Å². The van der Waals surface area contributed by atoms with Crippen LogP contribution in [0.5, 0.6) is 0 Å². The van der Waals surface area contributed by atoms with Crippen LogP contribution in [0.4, 0.5) is 0 Å². The normalized spacial score (nSPS) is 26.9. The first-order valence-electron chi connectivity index (χ1n) is 5.46. The van der Waals surface area contributed by atoms with Crippen molar-refractivity contribution in [1.29, 1.82) is 0 Å². The quantitative estimate of drug-likeness (QED) is 0.684. The second-order valence-corrected chi connectivity index (χ2v) is 7.27. The van der Waals surface area contributed by atoms with Crippen molar-refractivity contribution in [3.8, 4) is 0 Å². The lowest BCUT2D eigenvalue weighted by Gasteiger charge is -2.31. The van der Waals surface area contributed by atoms with Crippen molar-refractivity contribution in [3.63, 3.8) is 0 Å². The van der Waals surface area contributed by atoms with Gasteiger partial charge < -0.3 is 10.2 Å². The Bertz CT molecular complexity index is 390. The summed E-state index contributed by atoms with van der Waals surface area (Å²) in [5.41, 5.74) is -1.34. The molecule has 1 heterocycles. The molecule has 0 bridgehead atoms. The van der Waals surface area contributed by atoms with Crippen molar-refractivity contribution in [2.45, 2.75) is 31.4 Å². The third kappa shape index (κ3) is 4.61. The van der Waals surface area contributed by atoms with Crippen molar-refractivity contribution >= 4 is 15.8 Å². The molecule has 0 aromatic heterocycles. The van der Waals surface area contributed by atoms with E-state index in [0.717, 1.165) is 0 Å². The molecule has 0 aromatic rings. The minimum atomic E-state index is -2.96. The third-order valence-electron chi connectivity index (χ3n) is 2.95. The number of rotatable bonds is 5. The predicted octanol–water partition coefficient (Wildman–Crippen LogP) is -0.669. The smallest absolute Gasteiger partial charge is 0.306 e. The largest absolute Gasteiger partial charge is 0.481 e. The van der Waals surface area contributed by atoms with E-state index < -0.39 is 21.4 Å². The maximum absolute atomic E-state index is 11.3. The highest BCUT2D eigenvalue weighted by atomic mass is 32.2. The summed E-state index contributed by atoms with van der Waals surface area (Å²) in [6.07, 6.45) is 0.193. The monoisotopic (exact) mass is 265 g/mol. The first kappa shape index (κ1) is 14.4. The van der Waals surface area contributed by atoms with Crippen molar-refractivity contribution in [2.75, 3.05) is 25.1 Å². The Kier molecular flexibility index (Phi) is 4.16. The first-order chi connectivity index (χ1) is 7.61. The van der Waals surface area contributed by atoms with E-state index in [-0.39, 0.29) is 30.5 Å². The van der Waals surface area contributed by atoms with Gasteiger partial charge in [-0.15, -0.1) is 0 Å². The number of nitrogens with zero attached hydrogens (tertiary/aromatic N) is 1. The van der Waals surface area contributed by atoms with Crippen molar-refractivity contribution < 1.29 is 23.4 Å². The van der Waals surface area contributed by atoms with Gasteiger partial charge in [0.15, 0.2) is 9.84 Å². The van der Waals surface area contributed by atoms with Gasteiger partial charge in [0, 0.05) is 12.6 Å². The Morgan fingerprint density at radius 3 is 2.53 bits per heavy atom. The van der Waals surface area contributed by atoms with Gasteiger partial charge in [0.25, 0.3) is 0 Å². The summed E-state index contributed by atoms with van der Waals surface area (Å²) in [5.74, 6) is -0.808. The maximum Gasteiger partial charge on any atom is 0.306 e. The first-order valence-corrected chi connectivity index (χ1v) is 7.28. The van der Waals surface area contributed by atoms with Crippen LogP contribution in [0.2, 0.25) is 0 Å². The molecule has 2 unspecified atom stereocenters. The fourth-order valence-electron chi connectivity index (χ4n) is 2.17. The lowest BCUT2D eigenvalue weighted by Crippen LogP contribution is -2.45. The van der Waals surface area contributed by atoms with Crippen LogP contribution in [0.1, 0.15) is 19.8 Å². The second kappa shape index (κ2) is 4.91. The molecule has 0 saturated carbocycles. The highest BCUT2D eigenvalue weighted by Gasteiger charge is 2.34. The zero-order chi connectivity index (χ0) is 13.3. The fraction of sp³-hybridized carbons (Fsp3) is 0.900. The van der Waals surface area contributed by atoms with E-state index in [0.29, 0.717) is 6.42 Å². The average molecular weight is 265 g/mol. The lowest BCUT2D eigenvalue weighted by molar-refractivity contribution is -0.142. The molecule has 1 aliphatic heterocycles. The standard InChI is InChI=1S/C10H19NO5S/c1-10(14,5-9(12)13)7-11(2)8-3-4-17(15,16)6-8/h8,14H,3-7H2,1-2H3,(H,12,13). The number of likely N-dealkylation sites (N-methyl/N-ethyl adjacent to an activating group) is 1. The number of carboxylic acids is 1. The van der Waals surface area contributed by atoms with Crippen molar-refractivity contribution in [1.82, 2.24) is 4.90 Å². The van der Waals surface area contributed by atoms with Crippen LogP contribution in [0.3, 0.4) is 0 Å². The molecule has 1 aliphatic rings. The van der Waals surface area contributed by atoms with Crippen LogP contribution in [-0.4, -0.2) is 66.2 Å².